The summed E-state index contributed by atoms with van der Waals surface area (Å²) in [4.78, 5) is 4.39. The van der Waals surface area contributed by atoms with Crippen LogP contribution in [0.1, 0.15) is 18.5 Å². The highest BCUT2D eigenvalue weighted by Gasteiger charge is 2.13. The van der Waals surface area contributed by atoms with E-state index >= 15 is 0 Å². The normalized spacial score (nSPS) is 10.5. The zero-order valence-electron chi connectivity index (χ0n) is 12.2. The van der Waals surface area contributed by atoms with E-state index in [-0.39, 0.29) is 6.01 Å². The smallest absolute Gasteiger partial charge is 0.336 e. The van der Waals surface area contributed by atoms with Gasteiger partial charge in [0.05, 0.1) is 18.0 Å². The highest BCUT2D eigenvalue weighted by Crippen LogP contribution is 2.19. The molecule has 0 aliphatic carbocycles. The van der Waals surface area contributed by atoms with Gasteiger partial charge in [-0.15, -0.1) is 17.4 Å². The number of terminal acetylenes is 1. The molecular formula is C16H15N5O. The van der Waals surface area contributed by atoms with E-state index in [2.05, 4.69) is 26.2 Å². The Morgan fingerprint density at radius 2 is 2.05 bits per heavy atom. The molecule has 3 aromatic rings. The second kappa shape index (κ2) is 6.22. The first-order chi connectivity index (χ1) is 10.8. The lowest BCUT2D eigenvalue weighted by atomic mass is 10.3. The van der Waals surface area contributed by atoms with Crippen LogP contribution in [0, 0.1) is 19.3 Å². The van der Waals surface area contributed by atoms with Gasteiger partial charge in [-0.1, -0.05) is 23.3 Å². The highest BCUT2D eigenvalue weighted by molar-refractivity contribution is 5.74. The maximum Gasteiger partial charge on any atom is 0.336 e. The maximum absolute atomic E-state index is 5.47. The molecule has 2 heterocycles. The van der Waals surface area contributed by atoms with Crippen LogP contribution >= 0.6 is 0 Å². The van der Waals surface area contributed by atoms with Crippen LogP contribution in [0.25, 0.3) is 16.9 Å². The van der Waals surface area contributed by atoms with Gasteiger partial charge in [0.25, 0.3) is 0 Å². The third kappa shape index (κ3) is 2.74. The molecule has 0 aliphatic heterocycles. The molecule has 6 nitrogen and oxygen atoms in total. The van der Waals surface area contributed by atoms with Crippen molar-refractivity contribution in [3.8, 4) is 24.0 Å². The summed E-state index contributed by atoms with van der Waals surface area (Å²) in [5, 5.41) is 12.7. The quantitative estimate of drug-likeness (QED) is 0.533. The minimum Gasteiger partial charge on any atom is -0.462 e. The van der Waals surface area contributed by atoms with Crippen LogP contribution in [0.4, 0.5) is 0 Å². The van der Waals surface area contributed by atoms with Crippen LogP contribution in [0.5, 0.6) is 6.01 Å². The zero-order valence-corrected chi connectivity index (χ0v) is 12.2. The van der Waals surface area contributed by atoms with Crippen LogP contribution in [0.3, 0.4) is 0 Å². The Labute approximate surface area is 128 Å². The molecule has 3 rings (SSSR count). The van der Waals surface area contributed by atoms with Crippen molar-refractivity contribution in [2.45, 2.75) is 19.8 Å². The Kier molecular flexibility index (Phi) is 3.97. The van der Waals surface area contributed by atoms with Gasteiger partial charge in [0.2, 0.25) is 5.65 Å². The summed E-state index contributed by atoms with van der Waals surface area (Å²) < 4.78 is 7.20. The first kappa shape index (κ1) is 14.0. The van der Waals surface area contributed by atoms with E-state index in [4.69, 9.17) is 11.2 Å². The largest absolute Gasteiger partial charge is 0.462 e. The summed E-state index contributed by atoms with van der Waals surface area (Å²) in [5.41, 5.74) is 2.99. The summed E-state index contributed by atoms with van der Waals surface area (Å²) in [6.07, 6.45) is 6.63. The minimum atomic E-state index is 0.250. The van der Waals surface area contributed by atoms with Gasteiger partial charge in [-0.05, 0) is 25.5 Å². The monoisotopic (exact) mass is 293 g/mol. The Bertz CT molecular complexity index is 820. The third-order valence-corrected chi connectivity index (χ3v) is 3.14. The Hall–Kier alpha value is -2.94. The number of aryl methyl sites for hydroxylation is 1. The van der Waals surface area contributed by atoms with E-state index in [0.717, 1.165) is 17.8 Å². The van der Waals surface area contributed by atoms with Gasteiger partial charge < -0.3 is 4.74 Å². The summed E-state index contributed by atoms with van der Waals surface area (Å²) in [5.74, 6) is 2.56. The molecule has 0 spiro atoms. The van der Waals surface area contributed by atoms with Gasteiger partial charge in [0, 0.05) is 6.42 Å². The third-order valence-electron chi connectivity index (χ3n) is 3.14. The molecule has 0 saturated carbocycles. The number of rotatable bonds is 5. The van der Waals surface area contributed by atoms with Crippen LogP contribution in [0.2, 0.25) is 0 Å². The van der Waals surface area contributed by atoms with Crippen molar-refractivity contribution in [2.24, 2.45) is 0 Å². The van der Waals surface area contributed by atoms with Crippen molar-refractivity contribution in [3.05, 3.63) is 36.0 Å². The fourth-order valence-corrected chi connectivity index (χ4v) is 2.08. The van der Waals surface area contributed by atoms with E-state index in [9.17, 15) is 0 Å². The number of fused-ring (bicyclic) bond motifs is 1. The molecule has 0 N–H and O–H groups in total. The number of ether oxygens (including phenoxy) is 1. The van der Waals surface area contributed by atoms with Crippen LogP contribution in [-0.2, 0) is 0 Å². The summed E-state index contributed by atoms with van der Waals surface area (Å²) in [7, 11) is 0. The van der Waals surface area contributed by atoms with E-state index in [0.29, 0.717) is 24.2 Å². The molecule has 1 aromatic carbocycles. The number of unbranched alkanes of at least 4 members (excludes halogenated alkanes) is 1. The van der Waals surface area contributed by atoms with Gasteiger partial charge in [0.15, 0.2) is 0 Å². The predicted octanol–water partition coefficient (Wildman–Crippen LogP) is 2.31. The highest BCUT2D eigenvalue weighted by atomic mass is 16.5. The average Bonchev–Trinajstić information content (AvgIpc) is 2.89. The van der Waals surface area contributed by atoms with Crippen LogP contribution in [-0.4, -0.2) is 31.6 Å². The number of aromatic nitrogens is 5. The first-order valence-electron chi connectivity index (χ1n) is 7.01. The predicted molar refractivity (Wildman–Crippen MR) is 82.8 cm³/mol. The number of nitrogens with zero attached hydrogens (tertiary/aromatic N) is 5. The molecule has 0 radical (unpaired) electrons. The summed E-state index contributed by atoms with van der Waals surface area (Å²) >= 11 is 0. The molecule has 0 bridgehead atoms. The Balaban J connectivity index is 1.91. The maximum atomic E-state index is 5.47. The van der Waals surface area contributed by atoms with Crippen molar-refractivity contribution in [3.63, 3.8) is 0 Å². The van der Waals surface area contributed by atoms with Gasteiger partial charge in [0.1, 0.15) is 5.52 Å². The Morgan fingerprint density at radius 1 is 1.23 bits per heavy atom. The SMILES string of the molecule is C#CCCCOc1nnc2c(n1)c(C)nn2-c1ccccc1. The van der Waals surface area contributed by atoms with Gasteiger partial charge in [-0.3, -0.25) is 0 Å². The van der Waals surface area contributed by atoms with E-state index < -0.39 is 0 Å². The average molecular weight is 293 g/mol. The molecule has 0 unspecified atom stereocenters. The van der Waals surface area contributed by atoms with Crippen molar-refractivity contribution < 1.29 is 4.74 Å². The molecule has 22 heavy (non-hydrogen) atoms. The fourth-order valence-electron chi connectivity index (χ4n) is 2.08. The lowest BCUT2D eigenvalue weighted by Crippen LogP contribution is -2.04. The van der Waals surface area contributed by atoms with Crippen molar-refractivity contribution in [2.75, 3.05) is 6.61 Å². The number of hydrogen-bond donors (Lipinski definition) is 0. The molecule has 0 saturated heterocycles. The number of para-hydroxylation sites is 1. The number of hydrogen-bond acceptors (Lipinski definition) is 5. The van der Waals surface area contributed by atoms with Crippen molar-refractivity contribution >= 4 is 11.2 Å². The molecule has 0 amide bonds. The van der Waals surface area contributed by atoms with E-state index in [1.807, 2.05) is 37.3 Å². The summed E-state index contributed by atoms with van der Waals surface area (Å²) in [6, 6.07) is 10.0. The van der Waals surface area contributed by atoms with Crippen molar-refractivity contribution in [1.29, 1.82) is 0 Å². The molecule has 6 heteroatoms. The molecule has 110 valence electrons. The topological polar surface area (TPSA) is 65.7 Å². The zero-order chi connectivity index (χ0) is 15.4. The molecule has 0 fully saturated rings. The van der Waals surface area contributed by atoms with Gasteiger partial charge in [-0.25, -0.2) is 4.68 Å². The second-order valence-electron chi connectivity index (χ2n) is 4.76. The lowest BCUT2D eigenvalue weighted by molar-refractivity contribution is 0.286. The number of benzene rings is 1. The second-order valence-corrected chi connectivity index (χ2v) is 4.76. The minimum absolute atomic E-state index is 0.250. The van der Waals surface area contributed by atoms with E-state index in [1.54, 1.807) is 4.68 Å². The van der Waals surface area contributed by atoms with Crippen molar-refractivity contribution in [1.82, 2.24) is 25.0 Å². The summed E-state index contributed by atoms with van der Waals surface area (Å²) in [6.45, 7) is 2.36. The molecule has 0 aliphatic rings. The molecule has 0 atom stereocenters. The Morgan fingerprint density at radius 3 is 2.82 bits per heavy atom. The lowest BCUT2D eigenvalue weighted by Gasteiger charge is -2.03. The van der Waals surface area contributed by atoms with Gasteiger partial charge >= 0.3 is 6.01 Å². The fraction of sp³-hybridized carbons (Fsp3) is 0.250. The molecular weight excluding hydrogens is 278 g/mol. The van der Waals surface area contributed by atoms with Crippen LogP contribution in [0.15, 0.2) is 30.3 Å². The first-order valence-corrected chi connectivity index (χ1v) is 7.01. The molecule has 2 aromatic heterocycles. The van der Waals surface area contributed by atoms with Crippen LogP contribution < -0.4 is 4.74 Å². The van der Waals surface area contributed by atoms with Gasteiger partial charge in [-0.2, -0.15) is 10.1 Å². The van der Waals surface area contributed by atoms with E-state index in [1.165, 1.54) is 0 Å². The standard InChI is InChI=1S/C16H15N5O/c1-3-4-8-11-22-16-17-14-12(2)20-21(15(14)18-19-16)13-9-6-5-7-10-13/h1,5-7,9-10H,4,8,11H2,2H3.